The van der Waals surface area contributed by atoms with Gasteiger partial charge in [0.1, 0.15) is 16.5 Å². The molecule has 0 amide bonds. The summed E-state index contributed by atoms with van der Waals surface area (Å²) in [6.07, 6.45) is 0. The third-order valence-electron chi connectivity index (χ3n) is 2.13. The number of thiazole rings is 1. The standard InChI is InChI=1S/C11H8ClFN2OS/c12-6-1-2-7(8(13)3-6)11(16)9-5-17-10(4-14)15-9/h1-3,5H,4,14H2. The fraction of sp³-hybridized carbons (Fsp3) is 0.0909. The molecule has 0 radical (unpaired) electrons. The van der Waals surface area contributed by atoms with Crippen LogP contribution in [0.15, 0.2) is 23.6 Å². The third kappa shape index (κ3) is 2.52. The summed E-state index contributed by atoms with van der Waals surface area (Å²) in [6.45, 7) is 0.265. The number of rotatable bonds is 3. The fourth-order valence-electron chi connectivity index (χ4n) is 1.32. The number of nitrogens with zero attached hydrogens (tertiary/aromatic N) is 1. The van der Waals surface area contributed by atoms with Gasteiger partial charge >= 0.3 is 0 Å². The number of nitrogens with two attached hydrogens (primary N) is 1. The van der Waals surface area contributed by atoms with Crippen molar-refractivity contribution in [2.75, 3.05) is 0 Å². The van der Waals surface area contributed by atoms with Crippen molar-refractivity contribution in [1.29, 1.82) is 0 Å². The average Bonchev–Trinajstić information content (AvgIpc) is 2.76. The molecule has 0 saturated heterocycles. The first-order valence-electron chi connectivity index (χ1n) is 4.76. The van der Waals surface area contributed by atoms with E-state index in [2.05, 4.69) is 4.98 Å². The Kier molecular flexibility index (Phi) is 3.51. The molecule has 0 unspecified atom stereocenters. The van der Waals surface area contributed by atoms with Gasteiger partial charge in [0.25, 0.3) is 0 Å². The first-order chi connectivity index (χ1) is 8.11. The van der Waals surface area contributed by atoms with Crippen molar-refractivity contribution in [2.24, 2.45) is 5.73 Å². The molecule has 2 aromatic rings. The Labute approximate surface area is 106 Å². The van der Waals surface area contributed by atoms with E-state index in [9.17, 15) is 9.18 Å². The van der Waals surface area contributed by atoms with Gasteiger partial charge in [-0.3, -0.25) is 4.79 Å². The maximum atomic E-state index is 13.5. The fourth-order valence-corrected chi connectivity index (χ4v) is 2.13. The highest BCUT2D eigenvalue weighted by Gasteiger charge is 2.16. The van der Waals surface area contributed by atoms with Gasteiger partial charge in [-0.2, -0.15) is 0 Å². The number of carbonyl (C=O) groups excluding carboxylic acids is 1. The molecule has 1 aromatic carbocycles. The number of hydrogen-bond donors (Lipinski definition) is 1. The van der Waals surface area contributed by atoms with Gasteiger partial charge in [0.2, 0.25) is 5.78 Å². The Morgan fingerprint density at radius 2 is 2.29 bits per heavy atom. The van der Waals surface area contributed by atoms with E-state index in [1.807, 2.05) is 0 Å². The highest BCUT2D eigenvalue weighted by atomic mass is 35.5. The largest absolute Gasteiger partial charge is 0.325 e. The van der Waals surface area contributed by atoms with Crippen LogP contribution in [0.2, 0.25) is 5.02 Å². The number of hydrogen-bond acceptors (Lipinski definition) is 4. The lowest BCUT2D eigenvalue weighted by Crippen LogP contribution is -2.05. The Morgan fingerprint density at radius 3 is 2.88 bits per heavy atom. The number of ketones is 1. The van der Waals surface area contributed by atoms with Crippen LogP contribution in [-0.4, -0.2) is 10.8 Å². The van der Waals surface area contributed by atoms with Crippen molar-refractivity contribution < 1.29 is 9.18 Å². The molecule has 0 saturated carbocycles. The monoisotopic (exact) mass is 270 g/mol. The zero-order valence-corrected chi connectivity index (χ0v) is 10.2. The second-order valence-corrected chi connectivity index (χ2v) is 4.66. The van der Waals surface area contributed by atoms with E-state index in [1.165, 1.54) is 23.5 Å². The predicted octanol–water partition coefficient (Wildman–Crippen LogP) is 2.63. The summed E-state index contributed by atoms with van der Waals surface area (Å²) in [7, 11) is 0. The zero-order valence-electron chi connectivity index (χ0n) is 8.61. The minimum absolute atomic E-state index is 0.0386. The first-order valence-corrected chi connectivity index (χ1v) is 6.02. The van der Waals surface area contributed by atoms with E-state index in [-0.39, 0.29) is 22.8 Å². The molecule has 0 spiro atoms. The molecule has 2 N–H and O–H groups in total. The maximum Gasteiger partial charge on any atom is 0.215 e. The van der Waals surface area contributed by atoms with Crippen LogP contribution in [0.4, 0.5) is 4.39 Å². The summed E-state index contributed by atoms with van der Waals surface area (Å²) in [6, 6.07) is 3.92. The van der Waals surface area contributed by atoms with Gasteiger partial charge < -0.3 is 5.73 Å². The minimum atomic E-state index is -0.648. The van der Waals surface area contributed by atoms with Crippen LogP contribution in [-0.2, 0) is 6.54 Å². The molecule has 17 heavy (non-hydrogen) atoms. The summed E-state index contributed by atoms with van der Waals surface area (Å²) in [5.74, 6) is -1.11. The highest BCUT2D eigenvalue weighted by molar-refractivity contribution is 7.09. The Hall–Kier alpha value is -1.30. The zero-order chi connectivity index (χ0) is 12.4. The Bertz CT molecular complexity index is 570. The summed E-state index contributed by atoms with van der Waals surface area (Å²) >= 11 is 6.89. The van der Waals surface area contributed by atoms with Crippen LogP contribution in [0.1, 0.15) is 21.1 Å². The molecular formula is C11H8ClFN2OS. The molecule has 0 aliphatic rings. The van der Waals surface area contributed by atoms with Gasteiger partial charge in [0.05, 0.1) is 5.56 Å². The SMILES string of the molecule is NCc1nc(C(=O)c2ccc(Cl)cc2F)cs1. The van der Waals surface area contributed by atoms with Crippen molar-refractivity contribution in [3.8, 4) is 0 Å². The lowest BCUT2D eigenvalue weighted by atomic mass is 10.1. The summed E-state index contributed by atoms with van der Waals surface area (Å²) in [5, 5.41) is 2.46. The molecule has 3 nitrogen and oxygen atoms in total. The van der Waals surface area contributed by atoms with Crippen LogP contribution in [0.5, 0.6) is 0 Å². The molecule has 2 rings (SSSR count). The van der Waals surface area contributed by atoms with E-state index in [4.69, 9.17) is 17.3 Å². The van der Waals surface area contributed by atoms with Crippen molar-refractivity contribution in [2.45, 2.75) is 6.54 Å². The average molecular weight is 271 g/mol. The molecule has 0 fully saturated rings. The first kappa shape index (κ1) is 12.2. The van der Waals surface area contributed by atoms with E-state index in [0.29, 0.717) is 5.01 Å². The second kappa shape index (κ2) is 4.91. The molecule has 1 aromatic heterocycles. The van der Waals surface area contributed by atoms with Crippen LogP contribution < -0.4 is 5.73 Å². The highest BCUT2D eigenvalue weighted by Crippen LogP contribution is 2.19. The summed E-state index contributed by atoms with van der Waals surface area (Å²) in [4.78, 5) is 15.9. The second-order valence-electron chi connectivity index (χ2n) is 3.28. The smallest absolute Gasteiger partial charge is 0.215 e. The van der Waals surface area contributed by atoms with Crippen LogP contribution >= 0.6 is 22.9 Å². The van der Waals surface area contributed by atoms with Gasteiger partial charge in [-0.1, -0.05) is 11.6 Å². The van der Waals surface area contributed by atoms with E-state index in [0.717, 1.165) is 6.07 Å². The summed E-state index contributed by atoms with van der Waals surface area (Å²) in [5.41, 5.74) is 5.56. The molecule has 0 bridgehead atoms. The van der Waals surface area contributed by atoms with Gasteiger partial charge in [-0.15, -0.1) is 11.3 Å². The molecule has 6 heteroatoms. The van der Waals surface area contributed by atoms with Crippen LogP contribution in [0.25, 0.3) is 0 Å². The van der Waals surface area contributed by atoms with Gasteiger partial charge in [-0.05, 0) is 18.2 Å². The van der Waals surface area contributed by atoms with Gasteiger partial charge in [0.15, 0.2) is 0 Å². The van der Waals surface area contributed by atoms with E-state index >= 15 is 0 Å². The molecular weight excluding hydrogens is 263 g/mol. The normalized spacial score (nSPS) is 10.5. The quantitative estimate of drug-likeness (QED) is 0.873. The van der Waals surface area contributed by atoms with Gasteiger partial charge in [-0.25, -0.2) is 9.37 Å². The third-order valence-corrected chi connectivity index (χ3v) is 3.24. The topological polar surface area (TPSA) is 56.0 Å². The van der Waals surface area contributed by atoms with Crippen LogP contribution in [0.3, 0.4) is 0 Å². The number of aromatic nitrogens is 1. The van der Waals surface area contributed by atoms with Crippen molar-refractivity contribution in [3.63, 3.8) is 0 Å². The van der Waals surface area contributed by atoms with Crippen molar-refractivity contribution in [3.05, 3.63) is 50.7 Å². The summed E-state index contributed by atoms with van der Waals surface area (Å²) < 4.78 is 13.5. The Balaban J connectivity index is 2.36. The van der Waals surface area contributed by atoms with Gasteiger partial charge in [0, 0.05) is 16.9 Å². The molecule has 0 aliphatic carbocycles. The molecule has 0 aliphatic heterocycles. The van der Waals surface area contributed by atoms with Crippen LogP contribution in [0, 0.1) is 5.82 Å². The number of carbonyl (C=O) groups is 1. The number of benzene rings is 1. The lowest BCUT2D eigenvalue weighted by Gasteiger charge is -2.00. The van der Waals surface area contributed by atoms with Crippen molar-refractivity contribution in [1.82, 2.24) is 4.98 Å². The van der Waals surface area contributed by atoms with E-state index in [1.54, 1.807) is 5.38 Å². The maximum absolute atomic E-state index is 13.5. The lowest BCUT2D eigenvalue weighted by molar-refractivity contribution is 0.103. The van der Waals surface area contributed by atoms with Crippen molar-refractivity contribution >= 4 is 28.7 Å². The molecule has 0 atom stereocenters. The molecule has 1 heterocycles. The van der Waals surface area contributed by atoms with E-state index < -0.39 is 11.6 Å². The predicted molar refractivity (Wildman–Crippen MR) is 64.8 cm³/mol. The Morgan fingerprint density at radius 1 is 1.53 bits per heavy atom. The molecule has 88 valence electrons. The number of halogens is 2. The minimum Gasteiger partial charge on any atom is -0.325 e.